The second-order valence-electron chi connectivity index (χ2n) is 9.17. The first kappa shape index (κ1) is 20.6. The molecule has 1 heterocycles. The molecule has 0 bridgehead atoms. The van der Waals surface area contributed by atoms with Gasteiger partial charge in [0, 0.05) is 13.1 Å². The first-order chi connectivity index (χ1) is 11.7. The summed E-state index contributed by atoms with van der Waals surface area (Å²) in [5, 5.41) is 0.239. The Labute approximate surface area is 156 Å². The number of rotatable bonds is 7. The smallest absolute Gasteiger partial charge is 0.192 e. The number of piperidine rings is 1. The van der Waals surface area contributed by atoms with Crippen LogP contribution >= 0.6 is 0 Å². The molecular formula is C21H38N2OSi. The normalized spacial score (nSPS) is 19.1. The van der Waals surface area contributed by atoms with Crippen LogP contribution in [0.2, 0.25) is 18.1 Å². The van der Waals surface area contributed by atoms with Gasteiger partial charge in [-0.2, -0.15) is 0 Å². The number of hydrogen-bond acceptors (Lipinski definition) is 3. The van der Waals surface area contributed by atoms with Crippen LogP contribution in [-0.4, -0.2) is 45.5 Å². The molecular weight excluding hydrogens is 324 g/mol. The van der Waals surface area contributed by atoms with Crippen LogP contribution in [0.1, 0.15) is 39.2 Å². The summed E-state index contributed by atoms with van der Waals surface area (Å²) in [6, 6.07) is 10.9. The van der Waals surface area contributed by atoms with E-state index in [0.717, 1.165) is 12.5 Å². The van der Waals surface area contributed by atoms with Crippen molar-refractivity contribution in [1.29, 1.82) is 0 Å². The van der Waals surface area contributed by atoms with Crippen LogP contribution in [0.4, 0.5) is 0 Å². The largest absolute Gasteiger partial charge is 0.411 e. The topological polar surface area (TPSA) is 38.5 Å². The molecule has 1 aromatic rings. The van der Waals surface area contributed by atoms with Crippen molar-refractivity contribution in [3.63, 3.8) is 0 Å². The fourth-order valence-corrected chi connectivity index (χ4v) is 4.72. The van der Waals surface area contributed by atoms with E-state index >= 15 is 0 Å². The molecule has 1 aliphatic heterocycles. The highest BCUT2D eigenvalue weighted by molar-refractivity contribution is 6.74. The lowest BCUT2D eigenvalue weighted by Gasteiger charge is -2.41. The van der Waals surface area contributed by atoms with Crippen molar-refractivity contribution in [3.8, 4) is 0 Å². The maximum absolute atomic E-state index is 6.55. The highest BCUT2D eigenvalue weighted by atomic mass is 28.4. The summed E-state index contributed by atoms with van der Waals surface area (Å²) in [5.41, 5.74) is 7.51. The van der Waals surface area contributed by atoms with Crippen molar-refractivity contribution in [1.82, 2.24) is 4.90 Å². The van der Waals surface area contributed by atoms with Crippen LogP contribution in [0.3, 0.4) is 0 Å². The van der Waals surface area contributed by atoms with Gasteiger partial charge >= 0.3 is 0 Å². The predicted octanol–water partition coefficient (Wildman–Crippen LogP) is 4.29. The van der Waals surface area contributed by atoms with Crippen LogP contribution < -0.4 is 5.73 Å². The van der Waals surface area contributed by atoms with Crippen molar-refractivity contribution in [2.24, 2.45) is 11.7 Å². The zero-order valence-electron chi connectivity index (χ0n) is 16.9. The Kier molecular flexibility index (Phi) is 7.26. The van der Waals surface area contributed by atoms with Crippen LogP contribution in [-0.2, 0) is 10.8 Å². The molecule has 0 aliphatic carbocycles. The zero-order chi connectivity index (χ0) is 18.5. The lowest BCUT2D eigenvalue weighted by Crippen LogP contribution is -2.50. The van der Waals surface area contributed by atoms with E-state index in [4.69, 9.17) is 10.2 Å². The number of nitrogens with two attached hydrogens (primary N) is 1. The van der Waals surface area contributed by atoms with Gasteiger partial charge in [0.1, 0.15) is 0 Å². The van der Waals surface area contributed by atoms with E-state index in [1.165, 1.54) is 37.9 Å². The number of hydrogen-bond donors (Lipinski definition) is 1. The molecule has 1 atom stereocenters. The number of benzene rings is 1. The van der Waals surface area contributed by atoms with Gasteiger partial charge in [0.25, 0.3) is 0 Å². The summed E-state index contributed by atoms with van der Waals surface area (Å²) in [7, 11) is -1.74. The summed E-state index contributed by atoms with van der Waals surface area (Å²) < 4.78 is 6.55. The Bertz CT molecular complexity index is 504. The van der Waals surface area contributed by atoms with Gasteiger partial charge in [-0.1, -0.05) is 51.1 Å². The minimum absolute atomic E-state index is 0.173. The molecule has 0 aromatic heterocycles. The molecule has 4 heteroatoms. The van der Waals surface area contributed by atoms with Gasteiger partial charge in [-0.3, -0.25) is 0 Å². The Balaban J connectivity index is 1.80. The number of likely N-dealkylation sites (tertiary alicyclic amines) is 1. The molecule has 3 nitrogen and oxygen atoms in total. The zero-order valence-corrected chi connectivity index (χ0v) is 17.9. The maximum Gasteiger partial charge on any atom is 0.192 e. The summed E-state index contributed by atoms with van der Waals surface area (Å²) in [4.78, 5) is 2.56. The average molecular weight is 363 g/mol. The van der Waals surface area contributed by atoms with Crippen LogP contribution in [0.5, 0.6) is 0 Å². The lowest BCUT2D eigenvalue weighted by molar-refractivity contribution is 0.0996. The van der Waals surface area contributed by atoms with Crippen LogP contribution in [0.25, 0.3) is 0 Å². The molecule has 142 valence electrons. The Morgan fingerprint density at radius 3 is 2.28 bits per heavy atom. The molecule has 25 heavy (non-hydrogen) atoms. The molecule has 2 N–H and O–H groups in total. The number of nitrogens with zero attached hydrogens (tertiary/aromatic N) is 1. The van der Waals surface area contributed by atoms with Gasteiger partial charge in [0.2, 0.25) is 0 Å². The van der Waals surface area contributed by atoms with E-state index in [1.807, 2.05) is 0 Å². The van der Waals surface area contributed by atoms with Crippen molar-refractivity contribution >= 4 is 8.32 Å². The minimum atomic E-state index is -1.74. The van der Waals surface area contributed by atoms with E-state index in [-0.39, 0.29) is 11.1 Å². The lowest BCUT2D eigenvalue weighted by atomic mass is 9.90. The van der Waals surface area contributed by atoms with Crippen molar-refractivity contribution < 1.29 is 4.43 Å². The Morgan fingerprint density at radius 2 is 1.76 bits per heavy atom. The SMILES string of the molecule is CC(C)(C)[Si](C)(C)OC(CN)CN1CCC(Cc2ccccc2)CC1. The summed E-state index contributed by atoms with van der Waals surface area (Å²) in [6.45, 7) is 15.5. The Hall–Kier alpha value is -0.683. The Morgan fingerprint density at radius 1 is 1.16 bits per heavy atom. The van der Waals surface area contributed by atoms with Gasteiger partial charge in [-0.15, -0.1) is 0 Å². The van der Waals surface area contributed by atoms with Crippen molar-refractivity contribution in [3.05, 3.63) is 35.9 Å². The quantitative estimate of drug-likeness (QED) is 0.735. The minimum Gasteiger partial charge on any atom is -0.411 e. The van der Waals surface area contributed by atoms with Crippen LogP contribution in [0, 0.1) is 5.92 Å². The molecule has 0 radical (unpaired) electrons. The van der Waals surface area contributed by atoms with Gasteiger partial charge in [-0.25, -0.2) is 0 Å². The van der Waals surface area contributed by atoms with Gasteiger partial charge in [0.15, 0.2) is 8.32 Å². The molecule has 1 saturated heterocycles. The highest BCUT2D eigenvalue weighted by Gasteiger charge is 2.39. The molecule has 1 fully saturated rings. The molecule has 1 aliphatic rings. The average Bonchev–Trinajstić information content (AvgIpc) is 2.55. The van der Waals surface area contributed by atoms with Gasteiger partial charge < -0.3 is 15.1 Å². The molecule has 1 unspecified atom stereocenters. The molecule has 0 saturated carbocycles. The van der Waals surface area contributed by atoms with E-state index in [1.54, 1.807) is 0 Å². The summed E-state index contributed by atoms with van der Waals surface area (Å²) >= 11 is 0. The van der Waals surface area contributed by atoms with E-state index in [9.17, 15) is 0 Å². The molecule has 2 rings (SSSR count). The monoisotopic (exact) mass is 362 g/mol. The third-order valence-electron chi connectivity index (χ3n) is 6.07. The standard InChI is InChI=1S/C21H38N2OSi/c1-21(2,3)25(4,5)24-20(16-22)17-23-13-11-19(12-14-23)15-18-9-7-6-8-10-18/h6-10,19-20H,11-17,22H2,1-5H3. The second-order valence-corrected chi connectivity index (χ2v) is 13.9. The predicted molar refractivity (Wildman–Crippen MR) is 110 cm³/mol. The van der Waals surface area contributed by atoms with Gasteiger partial charge in [-0.05, 0) is 62.0 Å². The van der Waals surface area contributed by atoms with Crippen LogP contribution in [0.15, 0.2) is 30.3 Å². The van der Waals surface area contributed by atoms with E-state index in [2.05, 4.69) is 69.1 Å². The molecule has 0 amide bonds. The van der Waals surface area contributed by atoms with E-state index < -0.39 is 8.32 Å². The van der Waals surface area contributed by atoms with Gasteiger partial charge in [0.05, 0.1) is 6.10 Å². The highest BCUT2D eigenvalue weighted by Crippen LogP contribution is 2.37. The maximum atomic E-state index is 6.55. The molecule has 1 aromatic carbocycles. The summed E-state index contributed by atoms with van der Waals surface area (Å²) in [5.74, 6) is 0.816. The molecule has 0 spiro atoms. The fraction of sp³-hybridized carbons (Fsp3) is 0.714. The van der Waals surface area contributed by atoms with Crippen molar-refractivity contribution in [2.75, 3.05) is 26.2 Å². The first-order valence-electron chi connectivity index (χ1n) is 9.85. The third kappa shape index (κ3) is 6.21. The summed E-state index contributed by atoms with van der Waals surface area (Å²) in [6.07, 6.45) is 3.96. The third-order valence-corrected chi connectivity index (χ3v) is 10.6. The fourth-order valence-electron chi connectivity index (χ4n) is 3.36. The van der Waals surface area contributed by atoms with E-state index in [0.29, 0.717) is 6.54 Å². The second kappa shape index (κ2) is 8.80. The first-order valence-corrected chi connectivity index (χ1v) is 12.8. The van der Waals surface area contributed by atoms with Crippen molar-refractivity contribution in [2.45, 2.75) is 64.3 Å².